The van der Waals surface area contributed by atoms with Gasteiger partial charge in [0.2, 0.25) is 0 Å². The van der Waals surface area contributed by atoms with E-state index >= 15 is 0 Å². The van der Waals surface area contributed by atoms with Crippen molar-refractivity contribution >= 4 is 74.3 Å². The van der Waals surface area contributed by atoms with Crippen LogP contribution in [-0.4, -0.2) is 6.71 Å². The molecule has 3 nitrogen and oxygen atoms in total. The minimum absolute atomic E-state index is 0.0545. The summed E-state index contributed by atoms with van der Waals surface area (Å²) in [6.45, 7) is 4.86. The van der Waals surface area contributed by atoms with Crippen molar-refractivity contribution in [1.29, 1.82) is 0 Å². The standard InChI is InChI=1S/C57H48BN3/c1-57(2)48-28-16-15-27-46(48)47-33-31-44(37-49(47)57)61-53-38-45(59(41-21-9-4-10-22-41)42-23-11-5-12-24-42)32-34-51(53)58-50-29-17-18-30-52(50)60(43-25-13-6-14-26-43)54-35-40(36-55(61)56(54)58)39-19-7-3-8-20-39/h4-6,9-18,21-39H,3,7-8,19-20H2,1-2H3. The van der Waals surface area contributed by atoms with Crippen LogP contribution in [0.3, 0.4) is 0 Å². The van der Waals surface area contributed by atoms with E-state index in [-0.39, 0.29) is 12.1 Å². The number of anilines is 9. The first kappa shape index (κ1) is 36.1. The molecule has 2 aliphatic carbocycles. The van der Waals surface area contributed by atoms with Gasteiger partial charge in [-0.2, -0.15) is 0 Å². The van der Waals surface area contributed by atoms with E-state index in [4.69, 9.17) is 0 Å². The smallest absolute Gasteiger partial charge is 0.252 e. The monoisotopic (exact) mass is 785 g/mol. The van der Waals surface area contributed by atoms with Crippen molar-refractivity contribution in [1.82, 2.24) is 0 Å². The molecule has 0 atom stereocenters. The molecule has 1 saturated carbocycles. The molecule has 0 bridgehead atoms. The molecule has 0 aromatic heterocycles. The third kappa shape index (κ3) is 5.65. The Morgan fingerprint density at radius 3 is 1.77 bits per heavy atom. The molecule has 12 rings (SSSR count). The zero-order chi connectivity index (χ0) is 40.7. The van der Waals surface area contributed by atoms with Crippen LogP contribution in [0.5, 0.6) is 0 Å². The molecule has 4 heteroatoms. The zero-order valence-electron chi connectivity index (χ0n) is 34.9. The van der Waals surface area contributed by atoms with Crippen LogP contribution in [0.25, 0.3) is 11.1 Å². The molecule has 0 unspecified atom stereocenters. The molecule has 2 aliphatic heterocycles. The fourth-order valence-electron chi connectivity index (χ4n) is 11.3. The van der Waals surface area contributed by atoms with E-state index < -0.39 is 0 Å². The Morgan fingerprint density at radius 2 is 1.05 bits per heavy atom. The summed E-state index contributed by atoms with van der Waals surface area (Å²) in [4.78, 5) is 7.61. The molecule has 0 spiro atoms. The van der Waals surface area contributed by atoms with E-state index in [0.29, 0.717) is 5.92 Å². The van der Waals surface area contributed by atoms with Crippen molar-refractivity contribution in [2.75, 3.05) is 14.7 Å². The molecular weight excluding hydrogens is 737 g/mol. The molecule has 0 amide bonds. The van der Waals surface area contributed by atoms with Gasteiger partial charge in [0, 0.05) is 56.6 Å². The Hall–Kier alpha value is -6.78. The lowest BCUT2D eigenvalue weighted by Gasteiger charge is -2.45. The van der Waals surface area contributed by atoms with Gasteiger partial charge in [0.1, 0.15) is 0 Å². The van der Waals surface area contributed by atoms with Gasteiger partial charge in [-0.25, -0.2) is 0 Å². The molecule has 0 N–H and O–H groups in total. The summed E-state index contributed by atoms with van der Waals surface area (Å²) >= 11 is 0. The van der Waals surface area contributed by atoms with Gasteiger partial charge in [-0.3, -0.25) is 0 Å². The fraction of sp³-hybridized carbons (Fsp3) is 0.158. The Labute approximate surface area is 360 Å². The molecule has 8 aromatic rings. The molecule has 1 fully saturated rings. The third-order valence-corrected chi connectivity index (χ3v) is 14.2. The van der Waals surface area contributed by atoms with Crippen LogP contribution in [-0.2, 0) is 5.41 Å². The van der Waals surface area contributed by atoms with Crippen molar-refractivity contribution < 1.29 is 0 Å². The van der Waals surface area contributed by atoms with Gasteiger partial charge in [-0.1, -0.05) is 142 Å². The lowest BCUT2D eigenvalue weighted by molar-refractivity contribution is 0.444. The molecule has 8 aromatic carbocycles. The highest BCUT2D eigenvalue weighted by molar-refractivity contribution is 7.00. The lowest BCUT2D eigenvalue weighted by atomic mass is 9.33. The van der Waals surface area contributed by atoms with E-state index in [1.165, 1.54) is 110 Å². The molecule has 294 valence electrons. The summed E-state index contributed by atoms with van der Waals surface area (Å²) in [5.74, 6) is 0.526. The number of fused-ring (bicyclic) bond motifs is 7. The number of hydrogen-bond donors (Lipinski definition) is 0. The van der Waals surface area contributed by atoms with Crippen LogP contribution in [0, 0.1) is 0 Å². The predicted molar refractivity (Wildman–Crippen MR) is 259 cm³/mol. The third-order valence-electron chi connectivity index (χ3n) is 14.2. The minimum Gasteiger partial charge on any atom is -0.311 e. The number of benzene rings is 8. The summed E-state index contributed by atoms with van der Waals surface area (Å²) in [7, 11) is 0. The first-order valence-electron chi connectivity index (χ1n) is 22.3. The van der Waals surface area contributed by atoms with Crippen LogP contribution >= 0.6 is 0 Å². The maximum atomic E-state index is 2.64. The summed E-state index contributed by atoms with van der Waals surface area (Å²) in [6, 6.07) is 70.6. The average Bonchev–Trinajstić information content (AvgIpc) is 3.55. The van der Waals surface area contributed by atoms with Crippen LogP contribution < -0.4 is 31.1 Å². The second kappa shape index (κ2) is 14.2. The van der Waals surface area contributed by atoms with Gasteiger partial charge in [-0.15, -0.1) is 0 Å². The Kier molecular flexibility index (Phi) is 8.39. The van der Waals surface area contributed by atoms with Gasteiger partial charge in [0.15, 0.2) is 0 Å². The highest BCUT2D eigenvalue weighted by Gasteiger charge is 2.45. The fourth-order valence-corrected chi connectivity index (χ4v) is 11.3. The molecule has 0 saturated heterocycles. The van der Waals surface area contributed by atoms with E-state index in [0.717, 1.165) is 17.1 Å². The molecule has 61 heavy (non-hydrogen) atoms. The van der Waals surface area contributed by atoms with Gasteiger partial charge >= 0.3 is 0 Å². The summed E-state index contributed by atoms with van der Waals surface area (Å²) in [5, 5.41) is 0. The Morgan fingerprint density at radius 1 is 0.459 bits per heavy atom. The van der Waals surface area contributed by atoms with Crippen molar-refractivity contribution in [3.63, 3.8) is 0 Å². The van der Waals surface area contributed by atoms with E-state index in [9.17, 15) is 0 Å². The SMILES string of the molecule is CC1(C)c2ccccc2-c2ccc(N3c4cc(N(c5ccccc5)c5ccccc5)ccc4B4c5ccccc5N(c5ccccc5)c5cc(C6CCCCC6)cc3c54)cc21. The summed E-state index contributed by atoms with van der Waals surface area (Å²) in [6.07, 6.45) is 6.37. The number of rotatable bonds is 6. The van der Waals surface area contributed by atoms with E-state index in [1.807, 2.05) is 0 Å². The number of para-hydroxylation sites is 4. The normalized spacial score (nSPS) is 15.7. The summed E-state index contributed by atoms with van der Waals surface area (Å²) < 4.78 is 0. The first-order valence-corrected chi connectivity index (χ1v) is 22.3. The van der Waals surface area contributed by atoms with Gasteiger partial charge in [0.05, 0.1) is 0 Å². The lowest BCUT2D eigenvalue weighted by Crippen LogP contribution is -2.61. The maximum Gasteiger partial charge on any atom is 0.252 e. The Bertz CT molecular complexity index is 2910. The van der Waals surface area contributed by atoms with Crippen LogP contribution in [0.15, 0.2) is 188 Å². The summed E-state index contributed by atoms with van der Waals surface area (Å²) in [5.41, 5.74) is 21.8. The van der Waals surface area contributed by atoms with Crippen molar-refractivity contribution in [2.45, 2.75) is 57.3 Å². The largest absolute Gasteiger partial charge is 0.311 e. The maximum absolute atomic E-state index is 2.64. The highest BCUT2D eigenvalue weighted by Crippen LogP contribution is 2.52. The van der Waals surface area contributed by atoms with Crippen LogP contribution in [0.2, 0.25) is 0 Å². The number of nitrogens with zero attached hydrogens (tertiary/aromatic N) is 3. The van der Waals surface area contributed by atoms with Gasteiger partial charge < -0.3 is 14.7 Å². The first-order chi connectivity index (χ1) is 30.0. The quantitative estimate of drug-likeness (QED) is 0.156. The van der Waals surface area contributed by atoms with Crippen molar-refractivity contribution in [3.05, 3.63) is 205 Å². The van der Waals surface area contributed by atoms with Crippen molar-refractivity contribution in [3.8, 4) is 11.1 Å². The topological polar surface area (TPSA) is 9.72 Å². The molecule has 2 heterocycles. The molecule has 4 aliphatic rings. The molecule has 0 radical (unpaired) electrons. The van der Waals surface area contributed by atoms with Gasteiger partial charge in [0.25, 0.3) is 6.71 Å². The average molecular weight is 786 g/mol. The van der Waals surface area contributed by atoms with Gasteiger partial charge in [-0.05, 0) is 142 Å². The predicted octanol–water partition coefficient (Wildman–Crippen LogP) is 13.6. The Balaban J connectivity index is 1.16. The number of hydrogen-bond acceptors (Lipinski definition) is 3. The second-order valence-electron chi connectivity index (χ2n) is 18.0. The van der Waals surface area contributed by atoms with E-state index in [1.54, 1.807) is 0 Å². The minimum atomic E-state index is -0.130. The van der Waals surface area contributed by atoms with Crippen LogP contribution in [0.4, 0.5) is 51.2 Å². The molecular formula is C57H48BN3. The van der Waals surface area contributed by atoms with E-state index in [2.05, 4.69) is 217 Å². The van der Waals surface area contributed by atoms with Crippen LogP contribution in [0.1, 0.15) is 68.6 Å². The van der Waals surface area contributed by atoms with Crippen molar-refractivity contribution in [2.24, 2.45) is 0 Å². The zero-order valence-corrected chi connectivity index (χ0v) is 34.9. The highest BCUT2D eigenvalue weighted by atomic mass is 15.2. The second-order valence-corrected chi connectivity index (χ2v) is 18.0.